The van der Waals surface area contributed by atoms with Crippen molar-refractivity contribution in [3.05, 3.63) is 30.5 Å². The molecule has 1 N–H and O–H groups in total. The van der Waals surface area contributed by atoms with Crippen LogP contribution in [0.25, 0.3) is 0 Å². The Morgan fingerprint density at radius 2 is 1.63 bits per heavy atom. The van der Waals surface area contributed by atoms with E-state index >= 15 is 0 Å². The van der Waals surface area contributed by atoms with Crippen molar-refractivity contribution in [2.75, 3.05) is 54.4 Å². The lowest BCUT2D eigenvalue weighted by atomic mass is 10.1. The topological polar surface area (TPSA) is 77.5 Å². The molecule has 142 valence electrons. The second kappa shape index (κ2) is 8.20. The number of aromatic nitrogens is 3. The summed E-state index contributed by atoms with van der Waals surface area (Å²) in [7, 11) is 0. The molecule has 1 aromatic carbocycles. The molecule has 27 heavy (non-hydrogen) atoms. The predicted octanol–water partition coefficient (Wildman–Crippen LogP) is 1.88. The average Bonchev–Trinajstić information content (AvgIpc) is 2.75. The Bertz CT molecular complexity index is 753. The molecular weight excluding hydrogens is 342 g/mol. The summed E-state index contributed by atoms with van der Waals surface area (Å²) in [5, 5.41) is 11.5. The minimum Gasteiger partial charge on any atom is -0.372 e. The van der Waals surface area contributed by atoms with Crippen molar-refractivity contribution >= 4 is 29.6 Å². The molecule has 1 amide bonds. The normalized spacial score (nSPS) is 17.7. The second-order valence-electron chi connectivity index (χ2n) is 6.99. The van der Waals surface area contributed by atoms with Gasteiger partial charge in [-0.1, -0.05) is 0 Å². The highest BCUT2D eigenvalue weighted by atomic mass is 16.1. The summed E-state index contributed by atoms with van der Waals surface area (Å²) < 4.78 is 0. The van der Waals surface area contributed by atoms with E-state index in [9.17, 15) is 4.79 Å². The number of nitrogens with zero attached hydrogens (tertiary/aromatic N) is 6. The van der Waals surface area contributed by atoms with Crippen molar-refractivity contribution in [1.29, 1.82) is 0 Å². The van der Waals surface area contributed by atoms with Crippen LogP contribution in [0.2, 0.25) is 0 Å². The van der Waals surface area contributed by atoms with Crippen LogP contribution >= 0.6 is 0 Å². The highest BCUT2D eigenvalue weighted by molar-refractivity contribution is 5.61. The predicted molar refractivity (Wildman–Crippen MR) is 105 cm³/mol. The van der Waals surface area contributed by atoms with E-state index in [1.54, 1.807) is 11.1 Å². The number of amides is 1. The molecule has 0 aliphatic carbocycles. The maximum Gasteiger partial charge on any atom is 0.247 e. The van der Waals surface area contributed by atoms with E-state index in [1.807, 2.05) is 0 Å². The first kappa shape index (κ1) is 17.5. The smallest absolute Gasteiger partial charge is 0.247 e. The van der Waals surface area contributed by atoms with Crippen molar-refractivity contribution in [1.82, 2.24) is 20.1 Å². The van der Waals surface area contributed by atoms with Gasteiger partial charge in [-0.3, -0.25) is 4.79 Å². The Hall–Kier alpha value is -2.90. The van der Waals surface area contributed by atoms with Gasteiger partial charge in [-0.15, -0.1) is 5.10 Å². The number of piperazine rings is 1. The molecule has 0 bridgehead atoms. The van der Waals surface area contributed by atoms with Crippen molar-refractivity contribution in [3.63, 3.8) is 0 Å². The summed E-state index contributed by atoms with van der Waals surface area (Å²) in [6, 6.07) is 8.47. The van der Waals surface area contributed by atoms with Gasteiger partial charge in [-0.2, -0.15) is 10.1 Å². The van der Waals surface area contributed by atoms with Crippen LogP contribution in [0.15, 0.2) is 30.5 Å². The van der Waals surface area contributed by atoms with E-state index in [4.69, 9.17) is 0 Å². The quantitative estimate of drug-likeness (QED) is 0.809. The number of hydrogen-bond donors (Lipinski definition) is 1. The number of rotatable bonds is 5. The standard InChI is InChI=1S/C19H25N7O/c27-15-24-10-12-26(13-11-24)19-22-18(14-20-23-19)21-16-4-6-17(7-5-16)25-8-2-1-3-9-25/h4-7,14-15H,1-3,8-13H2,(H,21,22,23). The van der Waals surface area contributed by atoms with Crippen LogP contribution < -0.4 is 15.1 Å². The fraction of sp³-hybridized carbons (Fsp3) is 0.474. The summed E-state index contributed by atoms with van der Waals surface area (Å²) in [4.78, 5) is 21.7. The van der Waals surface area contributed by atoms with Gasteiger partial charge in [0.1, 0.15) is 0 Å². The summed E-state index contributed by atoms with van der Waals surface area (Å²) in [6.07, 6.45) is 6.40. The van der Waals surface area contributed by atoms with Crippen LogP contribution in [0.4, 0.5) is 23.1 Å². The van der Waals surface area contributed by atoms with Gasteiger partial charge >= 0.3 is 0 Å². The van der Waals surface area contributed by atoms with Gasteiger partial charge in [-0.05, 0) is 43.5 Å². The Balaban J connectivity index is 1.40. The van der Waals surface area contributed by atoms with E-state index in [-0.39, 0.29) is 0 Å². The third-order valence-corrected chi connectivity index (χ3v) is 5.15. The Labute approximate surface area is 159 Å². The maximum absolute atomic E-state index is 10.8. The van der Waals surface area contributed by atoms with Gasteiger partial charge < -0.3 is 20.0 Å². The third-order valence-electron chi connectivity index (χ3n) is 5.15. The van der Waals surface area contributed by atoms with Gasteiger partial charge in [0.2, 0.25) is 12.4 Å². The van der Waals surface area contributed by atoms with Crippen LogP contribution in [0.3, 0.4) is 0 Å². The molecule has 2 aliphatic heterocycles. The fourth-order valence-electron chi connectivity index (χ4n) is 3.57. The summed E-state index contributed by atoms with van der Waals surface area (Å²) in [5.74, 6) is 1.26. The lowest BCUT2D eigenvalue weighted by Crippen LogP contribution is -2.46. The van der Waals surface area contributed by atoms with E-state index in [1.165, 1.54) is 24.9 Å². The first-order valence-corrected chi connectivity index (χ1v) is 9.58. The molecule has 2 aliphatic rings. The molecule has 4 rings (SSSR count). The molecule has 0 radical (unpaired) electrons. The van der Waals surface area contributed by atoms with Crippen LogP contribution in [-0.4, -0.2) is 65.8 Å². The molecule has 2 aromatic rings. The van der Waals surface area contributed by atoms with Crippen molar-refractivity contribution in [3.8, 4) is 0 Å². The third kappa shape index (κ3) is 4.27. The lowest BCUT2D eigenvalue weighted by molar-refractivity contribution is -0.118. The van der Waals surface area contributed by atoms with Crippen molar-refractivity contribution < 1.29 is 4.79 Å². The molecule has 2 fully saturated rings. The molecule has 0 atom stereocenters. The summed E-state index contributed by atoms with van der Waals surface area (Å²) in [6.45, 7) is 5.08. The van der Waals surface area contributed by atoms with Crippen molar-refractivity contribution in [2.45, 2.75) is 19.3 Å². The van der Waals surface area contributed by atoms with Crippen LogP contribution in [0, 0.1) is 0 Å². The number of carbonyl (C=O) groups is 1. The zero-order valence-corrected chi connectivity index (χ0v) is 15.4. The minimum atomic E-state index is 0.593. The summed E-state index contributed by atoms with van der Waals surface area (Å²) >= 11 is 0. The number of benzene rings is 1. The molecule has 2 saturated heterocycles. The highest BCUT2D eigenvalue weighted by Crippen LogP contribution is 2.23. The Morgan fingerprint density at radius 1 is 0.889 bits per heavy atom. The molecule has 8 nitrogen and oxygen atoms in total. The number of hydrogen-bond acceptors (Lipinski definition) is 7. The largest absolute Gasteiger partial charge is 0.372 e. The zero-order chi connectivity index (χ0) is 18.5. The molecule has 0 spiro atoms. The molecule has 0 saturated carbocycles. The number of carbonyl (C=O) groups excluding carboxylic acids is 1. The molecular formula is C19H25N7O. The van der Waals surface area contributed by atoms with E-state index in [2.05, 4.69) is 54.6 Å². The number of nitrogens with one attached hydrogen (secondary N) is 1. The van der Waals surface area contributed by atoms with Gasteiger partial charge in [-0.25, -0.2) is 0 Å². The lowest BCUT2D eigenvalue weighted by Gasteiger charge is -2.32. The van der Waals surface area contributed by atoms with Crippen LogP contribution in [-0.2, 0) is 4.79 Å². The first-order chi connectivity index (χ1) is 13.3. The first-order valence-electron chi connectivity index (χ1n) is 9.58. The van der Waals surface area contributed by atoms with Crippen LogP contribution in [0.1, 0.15) is 19.3 Å². The van der Waals surface area contributed by atoms with E-state index < -0.39 is 0 Å². The monoisotopic (exact) mass is 367 g/mol. The molecule has 1 aromatic heterocycles. The van der Waals surface area contributed by atoms with Gasteiger partial charge in [0, 0.05) is 50.6 Å². The van der Waals surface area contributed by atoms with Gasteiger partial charge in [0.25, 0.3) is 0 Å². The van der Waals surface area contributed by atoms with E-state index in [0.29, 0.717) is 37.9 Å². The maximum atomic E-state index is 10.8. The minimum absolute atomic E-state index is 0.593. The van der Waals surface area contributed by atoms with Crippen molar-refractivity contribution in [2.24, 2.45) is 0 Å². The van der Waals surface area contributed by atoms with Gasteiger partial charge in [0.15, 0.2) is 5.82 Å². The van der Waals surface area contributed by atoms with Gasteiger partial charge in [0.05, 0.1) is 6.20 Å². The number of anilines is 4. The summed E-state index contributed by atoms with van der Waals surface area (Å²) in [5.41, 5.74) is 2.25. The Kier molecular flexibility index (Phi) is 5.32. The number of piperidine rings is 1. The molecule has 3 heterocycles. The zero-order valence-electron chi connectivity index (χ0n) is 15.4. The molecule has 8 heteroatoms. The second-order valence-corrected chi connectivity index (χ2v) is 6.99. The average molecular weight is 367 g/mol. The Morgan fingerprint density at radius 3 is 2.33 bits per heavy atom. The SMILES string of the molecule is O=CN1CCN(c2nncc(Nc3ccc(N4CCCCC4)cc3)n2)CC1. The van der Waals surface area contributed by atoms with Crippen LogP contribution in [0.5, 0.6) is 0 Å². The molecule has 0 unspecified atom stereocenters. The highest BCUT2D eigenvalue weighted by Gasteiger charge is 2.18. The van der Waals surface area contributed by atoms with E-state index in [0.717, 1.165) is 25.2 Å². The fourth-order valence-corrected chi connectivity index (χ4v) is 3.57.